The number of benzene rings is 1. The summed E-state index contributed by atoms with van der Waals surface area (Å²) in [6.45, 7) is 2.11. The molecular formula is C15H20F2N2O3. The standard InChI is InChI=1S/C15H20F2N2O3/c1-3-13(11-7-6-10(16)9-12(11)17)19-14(20)5-4-8-18-15(21)22-2/h6-7,9,13H,3-5,8H2,1-2H3,(H,18,21)(H,19,20)/t13-/m0/s1. The van der Waals surface area contributed by atoms with E-state index >= 15 is 0 Å². The first-order valence-corrected chi connectivity index (χ1v) is 7.04. The first-order chi connectivity index (χ1) is 10.5. The molecule has 122 valence electrons. The molecule has 0 unspecified atom stereocenters. The average Bonchev–Trinajstić information content (AvgIpc) is 2.49. The molecule has 2 N–H and O–H groups in total. The predicted octanol–water partition coefficient (Wildman–Crippen LogP) is 2.67. The highest BCUT2D eigenvalue weighted by Gasteiger charge is 2.16. The maximum atomic E-state index is 13.7. The molecule has 0 aliphatic rings. The monoisotopic (exact) mass is 314 g/mol. The number of carbonyl (C=O) groups excluding carboxylic acids is 2. The molecule has 0 aliphatic heterocycles. The highest BCUT2D eigenvalue weighted by Crippen LogP contribution is 2.21. The first kappa shape index (κ1) is 17.9. The third-order valence-corrected chi connectivity index (χ3v) is 3.12. The SMILES string of the molecule is CC[C@H](NC(=O)CCCNC(=O)OC)c1ccc(F)cc1F. The fraction of sp³-hybridized carbons (Fsp3) is 0.467. The Morgan fingerprint density at radius 1 is 1.32 bits per heavy atom. The number of ether oxygens (including phenoxy) is 1. The molecule has 0 bridgehead atoms. The second-order valence-electron chi connectivity index (χ2n) is 4.72. The van der Waals surface area contributed by atoms with Crippen molar-refractivity contribution in [2.45, 2.75) is 32.2 Å². The van der Waals surface area contributed by atoms with Gasteiger partial charge in [0.2, 0.25) is 5.91 Å². The summed E-state index contributed by atoms with van der Waals surface area (Å²) in [5.41, 5.74) is 0.255. The van der Waals surface area contributed by atoms with Gasteiger partial charge in [-0.25, -0.2) is 13.6 Å². The number of nitrogens with one attached hydrogen (secondary N) is 2. The number of rotatable bonds is 7. The topological polar surface area (TPSA) is 67.4 Å². The summed E-state index contributed by atoms with van der Waals surface area (Å²) >= 11 is 0. The lowest BCUT2D eigenvalue weighted by Crippen LogP contribution is -2.30. The van der Waals surface area contributed by atoms with Gasteiger partial charge in [0.1, 0.15) is 11.6 Å². The van der Waals surface area contributed by atoms with Gasteiger partial charge in [-0.05, 0) is 18.9 Å². The van der Waals surface area contributed by atoms with Gasteiger partial charge in [0.15, 0.2) is 0 Å². The van der Waals surface area contributed by atoms with Gasteiger partial charge in [-0.3, -0.25) is 4.79 Å². The maximum Gasteiger partial charge on any atom is 0.406 e. The third kappa shape index (κ3) is 5.67. The Morgan fingerprint density at radius 3 is 2.64 bits per heavy atom. The molecule has 0 aromatic heterocycles. The maximum absolute atomic E-state index is 13.7. The molecule has 0 saturated heterocycles. The van der Waals surface area contributed by atoms with Crippen LogP contribution in [-0.2, 0) is 9.53 Å². The molecule has 0 radical (unpaired) electrons. The van der Waals surface area contributed by atoms with E-state index in [2.05, 4.69) is 15.4 Å². The van der Waals surface area contributed by atoms with Gasteiger partial charge < -0.3 is 15.4 Å². The summed E-state index contributed by atoms with van der Waals surface area (Å²) in [6, 6.07) is 2.78. The average molecular weight is 314 g/mol. The van der Waals surface area contributed by atoms with Crippen molar-refractivity contribution in [3.8, 4) is 0 Å². The Hall–Kier alpha value is -2.18. The highest BCUT2D eigenvalue weighted by atomic mass is 19.1. The summed E-state index contributed by atoms with van der Waals surface area (Å²) in [4.78, 5) is 22.7. The van der Waals surface area contributed by atoms with Crippen molar-refractivity contribution >= 4 is 12.0 Å². The van der Waals surface area contributed by atoms with Crippen LogP contribution in [0.4, 0.5) is 13.6 Å². The number of amides is 2. The second kappa shape index (κ2) is 8.96. The van der Waals surface area contributed by atoms with E-state index in [9.17, 15) is 18.4 Å². The van der Waals surface area contributed by atoms with Gasteiger partial charge in [-0.2, -0.15) is 0 Å². The Balaban J connectivity index is 2.48. The fourth-order valence-electron chi connectivity index (χ4n) is 1.96. The van der Waals surface area contributed by atoms with E-state index in [0.717, 1.165) is 12.1 Å². The number of hydrogen-bond donors (Lipinski definition) is 2. The van der Waals surface area contributed by atoms with E-state index in [0.29, 0.717) is 19.4 Å². The Labute approximate surface area is 128 Å². The zero-order chi connectivity index (χ0) is 16.5. The van der Waals surface area contributed by atoms with E-state index in [4.69, 9.17) is 0 Å². The molecule has 1 aromatic rings. The van der Waals surface area contributed by atoms with Crippen LogP contribution in [0.3, 0.4) is 0 Å². The van der Waals surface area contributed by atoms with Gasteiger partial charge in [0.05, 0.1) is 13.2 Å². The van der Waals surface area contributed by atoms with Gasteiger partial charge in [0.25, 0.3) is 0 Å². The van der Waals surface area contributed by atoms with Crippen LogP contribution in [0.5, 0.6) is 0 Å². The number of halogens is 2. The molecule has 1 atom stereocenters. The summed E-state index contributed by atoms with van der Waals surface area (Å²) < 4.78 is 31.0. The lowest BCUT2D eigenvalue weighted by atomic mass is 10.0. The number of hydrogen-bond acceptors (Lipinski definition) is 3. The normalized spacial score (nSPS) is 11.6. The summed E-state index contributed by atoms with van der Waals surface area (Å²) in [5.74, 6) is -1.60. The molecule has 0 heterocycles. The van der Waals surface area contributed by atoms with Crippen LogP contribution in [-0.4, -0.2) is 25.7 Å². The number of methoxy groups -OCH3 is 1. The van der Waals surface area contributed by atoms with Crippen molar-refractivity contribution in [3.63, 3.8) is 0 Å². The van der Waals surface area contributed by atoms with Gasteiger partial charge in [-0.1, -0.05) is 13.0 Å². The molecule has 5 nitrogen and oxygen atoms in total. The summed E-state index contributed by atoms with van der Waals surface area (Å²) in [5, 5.41) is 5.16. The van der Waals surface area contributed by atoms with Crippen molar-refractivity contribution in [2.75, 3.05) is 13.7 Å². The molecule has 0 aliphatic carbocycles. The van der Waals surface area contributed by atoms with Crippen LogP contribution >= 0.6 is 0 Å². The highest BCUT2D eigenvalue weighted by molar-refractivity contribution is 5.76. The summed E-state index contributed by atoms with van der Waals surface area (Å²) in [6.07, 6.45) is 0.543. The molecule has 0 fully saturated rings. The largest absolute Gasteiger partial charge is 0.453 e. The molecular weight excluding hydrogens is 294 g/mol. The zero-order valence-corrected chi connectivity index (χ0v) is 12.6. The molecule has 0 spiro atoms. The zero-order valence-electron chi connectivity index (χ0n) is 12.6. The van der Waals surface area contributed by atoms with Crippen molar-refractivity contribution < 1.29 is 23.1 Å². The van der Waals surface area contributed by atoms with Gasteiger partial charge in [-0.15, -0.1) is 0 Å². The van der Waals surface area contributed by atoms with E-state index < -0.39 is 23.8 Å². The van der Waals surface area contributed by atoms with Crippen molar-refractivity contribution in [2.24, 2.45) is 0 Å². The third-order valence-electron chi connectivity index (χ3n) is 3.12. The smallest absolute Gasteiger partial charge is 0.406 e. The minimum absolute atomic E-state index is 0.184. The van der Waals surface area contributed by atoms with Crippen LogP contribution in [0.2, 0.25) is 0 Å². The van der Waals surface area contributed by atoms with Crippen molar-refractivity contribution in [3.05, 3.63) is 35.4 Å². The van der Waals surface area contributed by atoms with Gasteiger partial charge in [0, 0.05) is 24.6 Å². The minimum Gasteiger partial charge on any atom is -0.453 e. The molecule has 7 heteroatoms. The van der Waals surface area contributed by atoms with E-state index in [-0.39, 0.29) is 17.9 Å². The number of alkyl carbamates (subject to hydrolysis) is 1. The predicted molar refractivity (Wildman–Crippen MR) is 77.2 cm³/mol. The van der Waals surface area contributed by atoms with Crippen LogP contribution < -0.4 is 10.6 Å². The van der Waals surface area contributed by atoms with Crippen molar-refractivity contribution in [1.82, 2.24) is 10.6 Å². The van der Waals surface area contributed by atoms with E-state index in [1.165, 1.54) is 13.2 Å². The lowest BCUT2D eigenvalue weighted by molar-refractivity contribution is -0.122. The van der Waals surface area contributed by atoms with E-state index in [1.807, 2.05) is 0 Å². The molecule has 22 heavy (non-hydrogen) atoms. The van der Waals surface area contributed by atoms with Gasteiger partial charge >= 0.3 is 6.09 Å². The fourth-order valence-corrected chi connectivity index (χ4v) is 1.96. The molecule has 1 aromatic carbocycles. The molecule has 1 rings (SSSR count). The van der Waals surface area contributed by atoms with Crippen LogP contribution in [0, 0.1) is 11.6 Å². The lowest BCUT2D eigenvalue weighted by Gasteiger charge is -2.18. The van der Waals surface area contributed by atoms with Crippen LogP contribution in [0.15, 0.2) is 18.2 Å². The quantitative estimate of drug-likeness (QED) is 0.760. The Kier molecular flexibility index (Phi) is 7.28. The first-order valence-electron chi connectivity index (χ1n) is 7.04. The van der Waals surface area contributed by atoms with Crippen LogP contribution in [0.25, 0.3) is 0 Å². The van der Waals surface area contributed by atoms with E-state index in [1.54, 1.807) is 6.92 Å². The second-order valence-corrected chi connectivity index (χ2v) is 4.72. The molecule has 2 amide bonds. The Morgan fingerprint density at radius 2 is 2.05 bits per heavy atom. The number of carbonyl (C=O) groups is 2. The Bertz CT molecular complexity index is 524. The van der Waals surface area contributed by atoms with Crippen LogP contribution in [0.1, 0.15) is 37.8 Å². The summed E-state index contributed by atoms with van der Waals surface area (Å²) in [7, 11) is 1.26. The molecule has 0 saturated carbocycles. The van der Waals surface area contributed by atoms with Crippen molar-refractivity contribution in [1.29, 1.82) is 0 Å². The minimum atomic E-state index is -0.681.